The van der Waals surface area contributed by atoms with Gasteiger partial charge in [0.25, 0.3) is 0 Å². The minimum absolute atomic E-state index is 0.190. The zero-order valence-electron chi connectivity index (χ0n) is 9.46. The first-order chi connectivity index (χ1) is 6.08. The van der Waals surface area contributed by atoms with E-state index >= 15 is 0 Å². The van der Waals surface area contributed by atoms with Gasteiger partial charge in [0.2, 0.25) is 0 Å². The van der Waals surface area contributed by atoms with E-state index in [4.69, 9.17) is 6.42 Å². The van der Waals surface area contributed by atoms with Gasteiger partial charge in [0.05, 0.1) is 6.04 Å². The molecule has 0 radical (unpaired) electrons. The molecule has 0 fully saturated rings. The predicted octanol–water partition coefficient (Wildman–Crippen LogP) is 1.33. The van der Waals surface area contributed by atoms with Crippen LogP contribution in [0.1, 0.15) is 27.2 Å². The molecule has 0 aromatic carbocycles. The molecule has 1 N–H and O–H groups in total. The fourth-order valence-corrected chi connectivity index (χ4v) is 1.42. The van der Waals surface area contributed by atoms with E-state index in [0.29, 0.717) is 12.1 Å². The average molecular weight is 182 g/mol. The summed E-state index contributed by atoms with van der Waals surface area (Å²) in [6.45, 7) is 6.47. The third kappa shape index (κ3) is 3.38. The molecule has 0 aromatic heterocycles. The molecular formula is C11H22N2. The Morgan fingerprint density at radius 3 is 2.23 bits per heavy atom. The Morgan fingerprint density at radius 1 is 1.46 bits per heavy atom. The van der Waals surface area contributed by atoms with Gasteiger partial charge in [0, 0.05) is 12.1 Å². The zero-order valence-corrected chi connectivity index (χ0v) is 9.46. The molecule has 0 rings (SSSR count). The van der Waals surface area contributed by atoms with Crippen molar-refractivity contribution >= 4 is 0 Å². The van der Waals surface area contributed by atoms with Gasteiger partial charge in [-0.1, -0.05) is 12.8 Å². The van der Waals surface area contributed by atoms with Crippen molar-refractivity contribution in [3.05, 3.63) is 0 Å². The van der Waals surface area contributed by atoms with Crippen molar-refractivity contribution in [2.45, 2.75) is 45.3 Å². The van der Waals surface area contributed by atoms with Gasteiger partial charge >= 0.3 is 0 Å². The predicted molar refractivity (Wildman–Crippen MR) is 58.7 cm³/mol. The zero-order chi connectivity index (χ0) is 10.4. The second kappa shape index (κ2) is 6.01. The smallest absolute Gasteiger partial charge is 0.0866 e. The van der Waals surface area contributed by atoms with Gasteiger partial charge in [0.1, 0.15) is 0 Å². The van der Waals surface area contributed by atoms with E-state index in [9.17, 15) is 0 Å². The summed E-state index contributed by atoms with van der Waals surface area (Å²) in [5, 5.41) is 3.25. The molecule has 0 aliphatic rings. The van der Waals surface area contributed by atoms with Crippen LogP contribution in [-0.2, 0) is 0 Å². The maximum atomic E-state index is 5.53. The highest BCUT2D eigenvalue weighted by Gasteiger charge is 2.21. The van der Waals surface area contributed by atoms with Crippen molar-refractivity contribution in [2.24, 2.45) is 0 Å². The quantitative estimate of drug-likeness (QED) is 0.645. The van der Waals surface area contributed by atoms with Crippen LogP contribution >= 0.6 is 0 Å². The minimum Gasteiger partial charge on any atom is -0.315 e. The molecule has 0 aromatic rings. The van der Waals surface area contributed by atoms with Gasteiger partial charge in [-0.15, -0.1) is 6.42 Å². The Labute approximate surface area is 82.7 Å². The first-order valence-electron chi connectivity index (χ1n) is 4.93. The van der Waals surface area contributed by atoms with E-state index in [2.05, 4.69) is 44.0 Å². The molecule has 0 saturated heterocycles. The third-order valence-electron chi connectivity index (χ3n) is 2.62. The van der Waals surface area contributed by atoms with Gasteiger partial charge in [0.15, 0.2) is 0 Å². The average Bonchev–Trinajstić information content (AvgIpc) is 2.12. The second-order valence-electron chi connectivity index (χ2n) is 3.67. The lowest BCUT2D eigenvalue weighted by atomic mass is 10.0. The topological polar surface area (TPSA) is 15.3 Å². The van der Waals surface area contributed by atoms with E-state index in [1.807, 2.05) is 7.05 Å². The van der Waals surface area contributed by atoms with Crippen LogP contribution in [0.2, 0.25) is 0 Å². The summed E-state index contributed by atoms with van der Waals surface area (Å²) < 4.78 is 0. The Kier molecular flexibility index (Phi) is 5.77. The van der Waals surface area contributed by atoms with Crippen LogP contribution in [0.25, 0.3) is 0 Å². The van der Waals surface area contributed by atoms with Crippen LogP contribution in [0, 0.1) is 12.3 Å². The maximum absolute atomic E-state index is 5.53. The molecule has 0 aliphatic heterocycles. The van der Waals surface area contributed by atoms with Crippen LogP contribution in [0.5, 0.6) is 0 Å². The monoisotopic (exact) mass is 182 g/mol. The summed E-state index contributed by atoms with van der Waals surface area (Å²) >= 11 is 0. The lowest BCUT2D eigenvalue weighted by Gasteiger charge is -2.33. The van der Waals surface area contributed by atoms with Crippen LogP contribution < -0.4 is 5.32 Å². The standard InChI is InChI=1S/C11H22N2/c1-7-10(12-5)11(8-2)13(6)9(3)4/h2,9-12H,7H2,1,3-6H3. The molecule has 13 heavy (non-hydrogen) atoms. The van der Waals surface area contributed by atoms with Crippen molar-refractivity contribution in [1.82, 2.24) is 10.2 Å². The molecule has 76 valence electrons. The minimum atomic E-state index is 0.190. The van der Waals surface area contributed by atoms with Crippen molar-refractivity contribution in [3.8, 4) is 12.3 Å². The first kappa shape index (κ1) is 12.5. The molecular weight excluding hydrogens is 160 g/mol. The van der Waals surface area contributed by atoms with Crippen molar-refractivity contribution in [2.75, 3.05) is 14.1 Å². The summed E-state index contributed by atoms with van der Waals surface area (Å²) in [5.74, 6) is 2.85. The fraction of sp³-hybridized carbons (Fsp3) is 0.818. The lowest BCUT2D eigenvalue weighted by molar-refractivity contribution is 0.196. The maximum Gasteiger partial charge on any atom is 0.0866 e. The number of rotatable bonds is 5. The lowest BCUT2D eigenvalue weighted by Crippen LogP contribution is -2.48. The number of nitrogens with one attached hydrogen (secondary N) is 1. The van der Waals surface area contributed by atoms with Crippen LogP contribution in [-0.4, -0.2) is 37.1 Å². The molecule has 2 atom stereocenters. The highest BCUT2D eigenvalue weighted by atomic mass is 15.2. The molecule has 0 aliphatic carbocycles. The molecule has 2 nitrogen and oxygen atoms in total. The third-order valence-corrected chi connectivity index (χ3v) is 2.62. The van der Waals surface area contributed by atoms with Crippen LogP contribution in [0.15, 0.2) is 0 Å². The summed E-state index contributed by atoms with van der Waals surface area (Å²) in [4.78, 5) is 2.23. The summed E-state index contributed by atoms with van der Waals surface area (Å²) in [7, 11) is 4.04. The molecule has 0 saturated carbocycles. The molecule has 2 heteroatoms. The Bertz CT molecular complexity index is 163. The Hall–Kier alpha value is -0.520. The van der Waals surface area contributed by atoms with Crippen molar-refractivity contribution in [3.63, 3.8) is 0 Å². The molecule has 0 spiro atoms. The number of hydrogen-bond donors (Lipinski definition) is 1. The van der Waals surface area contributed by atoms with Gasteiger partial charge in [-0.05, 0) is 34.4 Å². The molecule has 0 amide bonds. The summed E-state index contributed by atoms with van der Waals surface area (Å²) in [5.41, 5.74) is 0. The first-order valence-corrected chi connectivity index (χ1v) is 4.93. The van der Waals surface area contributed by atoms with Gasteiger partial charge in [-0.25, -0.2) is 0 Å². The van der Waals surface area contributed by atoms with E-state index in [1.165, 1.54) is 0 Å². The Morgan fingerprint density at radius 2 is 2.00 bits per heavy atom. The fourth-order valence-electron chi connectivity index (χ4n) is 1.42. The Balaban J connectivity index is 4.40. The van der Waals surface area contributed by atoms with E-state index in [-0.39, 0.29) is 6.04 Å². The van der Waals surface area contributed by atoms with Gasteiger partial charge < -0.3 is 5.32 Å². The van der Waals surface area contributed by atoms with Gasteiger partial charge in [-0.2, -0.15) is 0 Å². The van der Waals surface area contributed by atoms with E-state index in [0.717, 1.165) is 6.42 Å². The van der Waals surface area contributed by atoms with Crippen molar-refractivity contribution < 1.29 is 0 Å². The van der Waals surface area contributed by atoms with Crippen LogP contribution in [0.3, 0.4) is 0 Å². The van der Waals surface area contributed by atoms with E-state index < -0.39 is 0 Å². The normalized spacial score (nSPS) is 15.8. The second-order valence-corrected chi connectivity index (χ2v) is 3.67. The van der Waals surface area contributed by atoms with Gasteiger partial charge in [-0.3, -0.25) is 4.90 Å². The number of terminal acetylenes is 1. The molecule has 0 bridgehead atoms. The highest BCUT2D eigenvalue weighted by molar-refractivity contribution is 5.05. The number of hydrogen-bond acceptors (Lipinski definition) is 2. The molecule has 2 unspecified atom stereocenters. The van der Waals surface area contributed by atoms with Crippen LogP contribution in [0.4, 0.5) is 0 Å². The number of nitrogens with zero attached hydrogens (tertiary/aromatic N) is 1. The highest BCUT2D eigenvalue weighted by Crippen LogP contribution is 2.08. The largest absolute Gasteiger partial charge is 0.315 e. The SMILES string of the molecule is C#CC(C(CC)NC)N(C)C(C)C. The summed E-state index contributed by atoms with van der Waals surface area (Å²) in [6.07, 6.45) is 6.59. The van der Waals surface area contributed by atoms with E-state index in [1.54, 1.807) is 0 Å². The molecule has 0 heterocycles. The summed E-state index contributed by atoms with van der Waals surface area (Å²) in [6, 6.07) is 1.07. The number of likely N-dealkylation sites (N-methyl/N-ethyl adjacent to an activating group) is 2. The van der Waals surface area contributed by atoms with Crippen molar-refractivity contribution in [1.29, 1.82) is 0 Å².